The lowest BCUT2D eigenvalue weighted by Crippen LogP contribution is -2.45. The van der Waals surface area contributed by atoms with Crippen molar-refractivity contribution in [2.45, 2.75) is 43.7 Å². The Bertz CT molecular complexity index is 1220. The molecule has 34 heavy (non-hydrogen) atoms. The van der Waals surface area contributed by atoms with E-state index in [9.17, 15) is 18.0 Å². The Hall–Kier alpha value is -3.56. The molecule has 0 aliphatic heterocycles. The highest BCUT2D eigenvalue weighted by molar-refractivity contribution is 7.89. The standard InChI is InChI=1S/C25H28N4O4S/c1-25(2,3)29-34(32,33)20-14-12-19(13-15-20)27-24(31)22(17-18-9-5-4-6-10-18)28-23(30)21-11-7-8-16-26-21/h4-16,22,29H,17H2,1-3H3,(H,27,31)(H,28,30). The van der Waals surface area contributed by atoms with Crippen molar-refractivity contribution in [1.82, 2.24) is 15.0 Å². The number of rotatable bonds is 8. The van der Waals surface area contributed by atoms with Crippen LogP contribution in [-0.2, 0) is 21.2 Å². The smallest absolute Gasteiger partial charge is 0.270 e. The van der Waals surface area contributed by atoms with Gasteiger partial charge < -0.3 is 10.6 Å². The highest BCUT2D eigenvalue weighted by atomic mass is 32.2. The van der Waals surface area contributed by atoms with Crippen molar-refractivity contribution >= 4 is 27.5 Å². The third-order valence-corrected chi connectivity index (χ3v) is 6.45. The van der Waals surface area contributed by atoms with Gasteiger partial charge in [0.2, 0.25) is 15.9 Å². The van der Waals surface area contributed by atoms with E-state index in [4.69, 9.17) is 0 Å². The molecular weight excluding hydrogens is 452 g/mol. The van der Waals surface area contributed by atoms with Gasteiger partial charge in [0.25, 0.3) is 5.91 Å². The Morgan fingerprint density at radius 2 is 1.56 bits per heavy atom. The van der Waals surface area contributed by atoms with E-state index in [0.717, 1.165) is 5.56 Å². The van der Waals surface area contributed by atoms with Gasteiger partial charge in [-0.2, -0.15) is 0 Å². The molecule has 2 amide bonds. The minimum absolute atomic E-state index is 0.0877. The van der Waals surface area contributed by atoms with Crippen LogP contribution in [0.1, 0.15) is 36.8 Å². The normalized spacial score (nSPS) is 12.6. The van der Waals surface area contributed by atoms with Gasteiger partial charge in [-0.15, -0.1) is 0 Å². The minimum Gasteiger partial charge on any atom is -0.339 e. The molecule has 0 radical (unpaired) electrons. The fraction of sp³-hybridized carbons (Fsp3) is 0.240. The summed E-state index contributed by atoms with van der Waals surface area (Å²) in [7, 11) is -3.69. The molecule has 1 heterocycles. The van der Waals surface area contributed by atoms with Gasteiger partial charge in [0.05, 0.1) is 4.90 Å². The van der Waals surface area contributed by atoms with Crippen LogP contribution in [0.25, 0.3) is 0 Å². The van der Waals surface area contributed by atoms with E-state index in [0.29, 0.717) is 5.69 Å². The van der Waals surface area contributed by atoms with Crippen LogP contribution in [0.2, 0.25) is 0 Å². The molecule has 0 bridgehead atoms. The third-order valence-electron chi connectivity index (χ3n) is 4.67. The fourth-order valence-electron chi connectivity index (χ4n) is 3.20. The second kappa shape index (κ2) is 10.6. The first kappa shape index (κ1) is 25.1. The van der Waals surface area contributed by atoms with Gasteiger partial charge >= 0.3 is 0 Å². The van der Waals surface area contributed by atoms with Gasteiger partial charge in [0.1, 0.15) is 11.7 Å². The van der Waals surface area contributed by atoms with E-state index in [2.05, 4.69) is 20.3 Å². The van der Waals surface area contributed by atoms with Crippen LogP contribution in [0.15, 0.2) is 83.9 Å². The zero-order chi connectivity index (χ0) is 24.8. The van der Waals surface area contributed by atoms with Crippen LogP contribution < -0.4 is 15.4 Å². The first-order valence-corrected chi connectivity index (χ1v) is 12.2. The topological polar surface area (TPSA) is 117 Å². The number of carbonyl (C=O) groups excluding carboxylic acids is 2. The highest BCUT2D eigenvalue weighted by Crippen LogP contribution is 2.17. The van der Waals surface area contributed by atoms with Crippen molar-refractivity contribution in [2.75, 3.05) is 5.32 Å². The highest BCUT2D eigenvalue weighted by Gasteiger charge is 2.24. The number of sulfonamides is 1. The Balaban J connectivity index is 1.76. The number of aromatic nitrogens is 1. The summed E-state index contributed by atoms with van der Waals surface area (Å²) < 4.78 is 27.6. The van der Waals surface area contributed by atoms with Crippen molar-refractivity contribution in [2.24, 2.45) is 0 Å². The molecule has 0 saturated heterocycles. The summed E-state index contributed by atoms with van der Waals surface area (Å²) in [6, 6.07) is 19.3. The Morgan fingerprint density at radius 1 is 0.912 bits per heavy atom. The number of amides is 2. The first-order valence-electron chi connectivity index (χ1n) is 10.7. The van der Waals surface area contributed by atoms with E-state index in [1.165, 1.54) is 30.5 Å². The van der Waals surface area contributed by atoms with Gasteiger partial charge in [-0.1, -0.05) is 36.4 Å². The lowest BCUT2D eigenvalue weighted by Gasteiger charge is -2.21. The zero-order valence-corrected chi connectivity index (χ0v) is 20.1. The molecule has 3 N–H and O–H groups in total. The first-order chi connectivity index (χ1) is 16.0. The molecule has 1 aromatic heterocycles. The molecule has 3 aromatic rings. The van der Waals surface area contributed by atoms with Crippen molar-refractivity contribution < 1.29 is 18.0 Å². The number of nitrogens with zero attached hydrogens (tertiary/aromatic N) is 1. The van der Waals surface area contributed by atoms with E-state index < -0.39 is 33.4 Å². The van der Waals surface area contributed by atoms with E-state index in [1.807, 2.05) is 30.3 Å². The zero-order valence-electron chi connectivity index (χ0n) is 19.3. The number of hydrogen-bond donors (Lipinski definition) is 3. The maximum Gasteiger partial charge on any atom is 0.270 e. The van der Waals surface area contributed by atoms with Crippen LogP contribution >= 0.6 is 0 Å². The van der Waals surface area contributed by atoms with Crippen molar-refractivity contribution in [3.05, 3.63) is 90.3 Å². The maximum atomic E-state index is 13.1. The molecule has 8 nitrogen and oxygen atoms in total. The molecule has 178 valence electrons. The van der Waals surface area contributed by atoms with Crippen LogP contribution in [0.5, 0.6) is 0 Å². The van der Waals surface area contributed by atoms with Crippen LogP contribution in [-0.4, -0.2) is 36.8 Å². The number of pyridine rings is 1. The molecule has 0 aliphatic rings. The monoisotopic (exact) mass is 480 g/mol. The molecule has 1 unspecified atom stereocenters. The molecule has 9 heteroatoms. The lowest BCUT2D eigenvalue weighted by atomic mass is 10.0. The molecule has 0 aliphatic carbocycles. The van der Waals surface area contributed by atoms with Gasteiger partial charge in [-0.05, 0) is 62.7 Å². The van der Waals surface area contributed by atoms with Gasteiger partial charge in [-0.25, -0.2) is 13.1 Å². The predicted octanol–water partition coefficient (Wildman–Crippen LogP) is 3.14. The Labute approximate surface area is 199 Å². The van der Waals surface area contributed by atoms with E-state index in [-0.39, 0.29) is 17.0 Å². The summed E-state index contributed by atoms with van der Waals surface area (Å²) in [6.45, 7) is 5.27. The van der Waals surface area contributed by atoms with Crippen LogP contribution in [0.3, 0.4) is 0 Å². The summed E-state index contributed by atoms with van der Waals surface area (Å²) >= 11 is 0. The summed E-state index contributed by atoms with van der Waals surface area (Å²) in [6.07, 6.45) is 1.78. The summed E-state index contributed by atoms with van der Waals surface area (Å²) in [5, 5.41) is 5.50. The second-order valence-electron chi connectivity index (χ2n) is 8.80. The largest absolute Gasteiger partial charge is 0.339 e. The molecular formula is C25H28N4O4S. The quantitative estimate of drug-likeness (QED) is 0.458. The Morgan fingerprint density at radius 3 is 2.15 bits per heavy atom. The van der Waals surface area contributed by atoms with Crippen LogP contribution in [0, 0.1) is 0 Å². The molecule has 2 aromatic carbocycles. The van der Waals surface area contributed by atoms with Crippen molar-refractivity contribution in [3.8, 4) is 0 Å². The van der Waals surface area contributed by atoms with Gasteiger partial charge in [0, 0.05) is 23.8 Å². The second-order valence-corrected chi connectivity index (χ2v) is 10.5. The summed E-state index contributed by atoms with van der Waals surface area (Å²) in [5.74, 6) is -0.900. The Kier molecular flexibility index (Phi) is 7.80. The van der Waals surface area contributed by atoms with Crippen LogP contribution in [0.4, 0.5) is 5.69 Å². The number of hydrogen-bond acceptors (Lipinski definition) is 5. The number of nitrogens with one attached hydrogen (secondary N) is 3. The minimum atomic E-state index is -3.69. The van der Waals surface area contributed by atoms with E-state index >= 15 is 0 Å². The molecule has 0 fully saturated rings. The third kappa shape index (κ3) is 7.23. The SMILES string of the molecule is CC(C)(C)NS(=O)(=O)c1ccc(NC(=O)C(Cc2ccccc2)NC(=O)c2ccccn2)cc1. The average Bonchev–Trinajstić information content (AvgIpc) is 2.78. The van der Waals surface area contributed by atoms with E-state index in [1.54, 1.807) is 39.0 Å². The van der Waals surface area contributed by atoms with Crippen molar-refractivity contribution in [3.63, 3.8) is 0 Å². The molecule has 0 saturated carbocycles. The molecule has 1 atom stereocenters. The van der Waals surface area contributed by atoms with Gasteiger partial charge in [-0.3, -0.25) is 14.6 Å². The average molecular weight is 481 g/mol. The maximum absolute atomic E-state index is 13.1. The number of carbonyl (C=O) groups is 2. The molecule has 0 spiro atoms. The fourth-order valence-corrected chi connectivity index (χ4v) is 4.62. The number of benzene rings is 2. The molecule has 3 rings (SSSR count). The number of anilines is 1. The van der Waals surface area contributed by atoms with Gasteiger partial charge in [0.15, 0.2) is 0 Å². The van der Waals surface area contributed by atoms with Crippen molar-refractivity contribution in [1.29, 1.82) is 0 Å². The lowest BCUT2D eigenvalue weighted by molar-refractivity contribution is -0.118. The summed E-state index contributed by atoms with van der Waals surface area (Å²) in [5.41, 5.74) is 0.861. The predicted molar refractivity (Wildman–Crippen MR) is 131 cm³/mol. The summed E-state index contributed by atoms with van der Waals surface area (Å²) in [4.78, 5) is 29.8.